The lowest BCUT2D eigenvalue weighted by molar-refractivity contribution is 0.831. The second-order valence-corrected chi connectivity index (χ2v) is 3.24. The van der Waals surface area contributed by atoms with Crippen molar-refractivity contribution in [3.63, 3.8) is 0 Å². The molecule has 1 aromatic carbocycles. The van der Waals surface area contributed by atoms with E-state index in [0.29, 0.717) is 17.1 Å². The fourth-order valence-electron chi connectivity index (χ4n) is 1.16. The van der Waals surface area contributed by atoms with E-state index in [0.717, 1.165) is 18.4 Å². The minimum Gasteiger partial charge on any atom is -0.330 e. The number of rotatable bonds is 3. The molecular weight excluding hydrogens is 184 g/mol. The maximum absolute atomic E-state index is 8.80. The Bertz CT molecular complexity index is 328. The summed E-state index contributed by atoms with van der Waals surface area (Å²) in [5, 5.41) is 9.41. The molecule has 2 N–H and O–H groups in total. The highest BCUT2D eigenvalue weighted by atomic mass is 35.5. The van der Waals surface area contributed by atoms with Crippen molar-refractivity contribution < 1.29 is 0 Å². The third-order valence-corrected chi connectivity index (χ3v) is 2.08. The molecule has 68 valence electrons. The summed E-state index contributed by atoms with van der Waals surface area (Å²) in [6.07, 6.45) is 1.74. The second kappa shape index (κ2) is 4.86. The molecule has 0 aliphatic rings. The van der Waals surface area contributed by atoms with Crippen molar-refractivity contribution in [2.45, 2.75) is 12.8 Å². The third-order valence-electron chi connectivity index (χ3n) is 1.84. The zero-order valence-corrected chi connectivity index (χ0v) is 8.01. The molecule has 0 radical (unpaired) electrons. The van der Waals surface area contributed by atoms with Crippen molar-refractivity contribution in [2.24, 2.45) is 5.73 Å². The molecular formula is C10H11ClN2. The number of nitriles is 1. The quantitative estimate of drug-likeness (QED) is 0.801. The predicted molar refractivity (Wildman–Crippen MR) is 53.5 cm³/mol. The number of nitrogens with two attached hydrogens (primary N) is 1. The fraction of sp³-hybridized carbons (Fsp3) is 0.300. The average molecular weight is 195 g/mol. The van der Waals surface area contributed by atoms with Gasteiger partial charge in [0.1, 0.15) is 0 Å². The van der Waals surface area contributed by atoms with E-state index in [2.05, 4.69) is 6.07 Å². The van der Waals surface area contributed by atoms with Crippen LogP contribution in [0.4, 0.5) is 0 Å². The lowest BCUT2D eigenvalue weighted by Gasteiger charge is -2.02. The molecule has 0 aromatic heterocycles. The van der Waals surface area contributed by atoms with E-state index < -0.39 is 0 Å². The van der Waals surface area contributed by atoms with Crippen LogP contribution in [0.1, 0.15) is 17.5 Å². The van der Waals surface area contributed by atoms with E-state index >= 15 is 0 Å². The average Bonchev–Trinajstić information content (AvgIpc) is 2.16. The SMILES string of the molecule is N#Cc1cc(Cl)ccc1CCCN. The molecule has 0 aliphatic carbocycles. The molecule has 1 rings (SSSR count). The van der Waals surface area contributed by atoms with Crippen molar-refractivity contribution in [2.75, 3.05) is 6.54 Å². The van der Waals surface area contributed by atoms with Crippen LogP contribution in [0.15, 0.2) is 18.2 Å². The van der Waals surface area contributed by atoms with E-state index in [1.54, 1.807) is 12.1 Å². The predicted octanol–water partition coefficient (Wildman–Crippen LogP) is 2.10. The second-order valence-electron chi connectivity index (χ2n) is 2.81. The summed E-state index contributed by atoms with van der Waals surface area (Å²) in [6, 6.07) is 7.49. The van der Waals surface area contributed by atoms with Gasteiger partial charge in [0.05, 0.1) is 11.6 Å². The Morgan fingerprint density at radius 3 is 2.85 bits per heavy atom. The molecule has 0 spiro atoms. The fourth-order valence-corrected chi connectivity index (χ4v) is 1.34. The van der Waals surface area contributed by atoms with Crippen molar-refractivity contribution >= 4 is 11.6 Å². The van der Waals surface area contributed by atoms with E-state index in [9.17, 15) is 0 Å². The van der Waals surface area contributed by atoms with Gasteiger partial charge < -0.3 is 5.73 Å². The Hall–Kier alpha value is -1.04. The molecule has 2 nitrogen and oxygen atoms in total. The summed E-state index contributed by atoms with van der Waals surface area (Å²) < 4.78 is 0. The van der Waals surface area contributed by atoms with Crippen LogP contribution in [0.3, 0.4) is 0 Å². The monoisotopic (exact) mass is 194 g/mol. The van der Waals surface area contributed by atoms with Crippen LogP contribution in [0.5, 0.6) is 0 Å². The van der Waals surface area contributed by atoms with Crippen LogP contribution in [0.25, 0.3) is 0 Å². The summed E-state index contributed by atoms with van der Waals surface area (Å²) in [5.74, 6) is 0. The molecule has 13 heavy (non-hydrogen) atoms. The summed E-state index contributed by atoms with van der Waals surface area (Å²) in [6.45, 7) is 0.646. The van der Waals surface area contributed by atoms with E-state index in [1.165, 1.54) is 0 Å². The zero-order chi connectivity index (χ0) is 9.68. The molecule has 0 fully saturated rings. The Morgan fingerprint density at radius 1 is 1.46 bits per heavy atom. The number of nitrogens with zero attached hydrogens (tertiary/aromatic N) is 1. The highest BCUT2D eigenvalue weighted by Gasteiger charge is 2.01. The molecule has 1 aromatic rings. The first-order chi connectivity index (χ1) is 6.27. The van der Waals surface area contributed by atoms with Gasteiger partial charge in [-0.25, -0.2) is 0 Å². The number of hydrogen-bond donors (Lipinski definition) is 1. The Labute approximate surface area is 82.9 Å². The van der Waals surface area contributed by atoms with Gasteiger partial charge in [0.15, 0.2) is 0 Å². The Kier molecular flexibility index (Phi) is 3.75. The van der Waals surface area contributed by atoms with Gasteiger partial charge in [-0.05, 0) is 37.1 Å². The normalized spacial score (nSPS) is 9.62. The van der Waals surface area contributed by atoms with Crippen LogP contribution in [0, 0.1) is 11.3 Å². The third kappa shape index (κ3) is 2.73. The lowest BCUT2D eigenvalue weighted by Crippen LogP contribution is -2.01. The van der Waals surface area contributed by atoms with Gasteiger partial charge in [-0.2, -0.15) is 5.26 Å². The molecule has 0 saturated heterocycles. The van der Waals surface area contributed by atoms with Gasteiger partial charge in [-0.1, -0.05) is 17.7 Å². The topological polar surface area (TPSA) is 49.8 Å². The molecule has 0 unspecified atom stereocenters. The first kappa shape index (κ1) is 10.0. The molecule has 0 bridgehead atoms. The van der Waals surface area contributed by atoms with Crippen molar-refractivity contribution in [3.8, 4) is 6.07 Å². The van der Waals surface area contributed by atoms with Crippen LogP contribution in [-0.2, 0) is 6.42 Å². The number of benzene rings is 1. The summed E-state index contributed by atoms with van der Waals surface area (Å²) >= 11 is 5.75. The molecule has 3 heteroatoms. The minimum absolute atomic E-state index is 0.605. The van der Waals surface area contributed by atoms with Crippen molar-refractivity contribution in [3.05, 3.63) is 34.3 Å². The highest BCUT2D eigenvalue weighted by Crippen LogP contribution is 2.16. The zero-order valence-electron chi connectivity index (χ0n) is 7.26. The number of halogens is 1. The first-order valence-corrected chi connectivity index (χ1v) is 4.54. The van der Waals surface area contributed by atoms with Crippen LogP contribution in [0.2, 0.25) is 5.02 Å². The van der Waals surface area contributed by atoms with E-state index in [-0.39, 0.29) is 0 Å². The number of aryl methyl sites for hydroxylation is 1. The summed E-state index contributed by atoms with van der Waals surface area (Å²) in [7, 11) is 0. The Balaban J connectivity index is 2.88. The first-order valence-electron chi connectivity index (χ1n) is 4.16. The maximum atomic E-state index is 8.80. The summed E-state index contributed by atoms with van der Waals surface area (Å²) in [4.78, 5) is 0. The molecule has 0 heterocycles. The highest BCUT2D eigenvalue weighted by molar-refractivity contribution is 6.30. The molecule has 0 aliphatic heterocycles. The Morgan fingerprint density at radius 2 is 2.23 bits per heavy atom. The lowest BCUT2D eigenvalue weighted by atomic mass is 10.0. The maximum Gasteiger partial charge on any atom is 0.0995 e. The van der Waals surface area contributed by atoms with Crippen LogP contribution >= 0.6 is 11.6 Å². The van der Waals surface area contributed by atoms with Crippen LogP contribution in [-0.4, -0.2) is 6.54 Å². The number of hydrogen-bond acceptors (Lipinski definition) is 2. The smallest absolute Gasteiger partial charge is 0.0995 e. The summed E-state index contributed by atoms with van der Waals surface area (Å²) in [5.41, 5.74) is 7.07. The van der Waals surface area contributed by atoms with Gasteiger partial charge in [0, 0.05) is 5.02 Å². The van der Waals surface area contributed by atoms with Gasteiger partial charge in [-0.15, -0.1) is 0 Å². The van der Waals surface area contributed by atoms with Gasteiger partial charge >= 0.3 is 0 Å². The minimum atomic E-state index is 0.605. The standard InChI is InChI=1S/C10H11ClN2/c11-10-4-3-8(2-1-5-12)9(6-10)7-13/h3-4,6H,1-2,5,12H2. The van der Waals surface area contributed by atoms with Crippen molar-refractivity contribution in [1.82, 2.24) is 0 Å². The molecule has 0 amide bonds. The van der Waals surface area contributed by atoms with Crippen LogP contribution < -0.4 is 5.73 Å². The molecule has 0 atom stereocenters. The van der Waals surface area contributed by atoms with Gasteiger partial charge in [-0.3, -0.25) is 0 Å². The van der Waals surface area contributed by atoms with Crippen molar-refractivity contribution in [1.29, 1.82) is 5.26 Å². The largest absolute Gasteiger partial charge is 0.330 e. The molecule has 0 saturated carbocycles. The van der Waals surface area contributed by atoms with E-state index in [4.69, 9.17) is 22.6 Å². The van der Waals surface area contributed by atoms with E-state index in [1.807, 2.05) is 6.07 Å². The van der Waals surface area contributed by atoms with Gasteiger partial charge in [0.25, 0.3) is 0 Å². The van der Waals surface area contributed by atoms with Gasteiger partial charge in [0.2, 0.25) is 0 Å².